The first-order valence-corrected chi connectivity index (χ1v) is 6.01. The Labute approximate surface area is 109 Å². The number of carbonyl (C=O) groups excluding carboxylic acids is 1. The van der Waals surface area contributed by atoms with Gasteiger partial charge in [-0.1, -0.05) is 5.16 Å². The summed E-state index contributed by atoms with van der Waals surface area (Å²) >= 11 is 5.78. The number of piperidine rings is 1. The molecule has 1 aromatic heterocycles. The highest BCUT2D eigenvalue weighted by Crippen LogP contribution is 2.23. The Morgan fingerprint density at radius 3 is 3.06 bits per heavy atom. The number of halogens is 1. The van der Waals surface area contributed by atoms with Gasteiger partial charge in [-0.3, -0.25) is 4.79 Å². The first-order chi connectivity index (χ1) is 8.63. The lowest BCUT2D eigenvalue weighted by Crippen LogP contribution is -2.44. The highest BCUT2D eigenvalue weighted by molar-refractivity contribution is 6.32. The van der Waals surface area contributed by atoms with E-state index in [0.717, 1.165) is 12.8 Å². The third-order valence-electron chi connectivity index (χ3n) is 3.09. The second-order valence-corrected chi connectivity index (χ2v) is 4.57. The summed E-state index contributed by atoms with van der Waals surface area (Å²) in [5.74, 6) is -0.145. The number of nitrogens with two attached hydrogens (primary N) is 1. The van der Waals surface area contributed by atoms with Crippen LogP contribution in [0.15, 0.2) is 21.9 Å². The van der Waals surface area contributed by atoms with Crippen LogP contribution in [0.3, 0.4) is 0 Å². The number of likely N-dealkylation sites (tertiary alicyclic amines) is 1. The van der Waals surface area contributed by atoms with Gasteiger partial charge in [0.25, 0.3) is 5.91 Å². The van der Waals surface area contributed by atoms with Crippen LogP contribution in [0.1, 0.15) is 23.2 Å². The SMILES string of the molecule is N/C(=N/O)C1CCCN(C(=O)c2ccoc2Cl)C1. The van der Waals surface area contributed by atoms with Gasteiger partial charge in [-0.25, -0.2) is 0 Å². The quantitative estimate of drug-likeness (QED) is 0.369. The Morgan fingerprint density at radius 1 is 1.67 bits per heavy atom. The molecular weight excluding hydrogens is 258 g/mol. The number of hydrogen-bond donors (Lipinski definition) is 2. The normalized spacial score (nSPS) is 21.1. The Bertz CT molecular complexity index is 472. The molecule has 0 bridgehead atoms. The predicted molar refractivity (Wildman–Crippen MR) is 65.8 cm³/mol. The van der Waals surface area contributed by atoms with Crippen molar-refractivity contribution in [3.8, 4) is 0 Å². The van der Waals surface area contributed by atoms with Crippen molar-refractivity contribution in [1.29, 1.82) is 0 Å². The molecule has 0 aliphatic carbocycles. The molecule has 0 spiro atoms. The van der Waals surface area contributed by atoms with Crippen molar-refractivity contribution in [2.24, 2.45) is 16.8 Å². The first-order valence-electron chi connectivity index (χ1n) is 5.63. The zero-order valence-electron chi connectivity index (χ0n) is 9.67. The number of nitrogens with zero attached hydrogens (tertiary/aromatic N) is 2. The molecule has 18 heavy (non-hydrogen) atoms. The van der Waals surface area contributed by atoms with E-state index in [-0.39, 0.29) is 22.9 Å². The minimum atomic E-state index is -0.191. The second kappa shape index (κ2) is 5.30. The molecule has 0 saturated carbocycles. The van der Waals surface area contributed by atoms with Crippen molar-refractivity contribution in [3.05, 3.63) is 23.1 Å². The molecular formula is C11H14ClN3O3. The maximum Gasteiger partial charge on any atom is 0.258 e. The fraction of sp³-hybridized carbons (Fsp3) is 0.455. The molecule has 1 saturated heterocycles. The molecule has 1 aliphatic heterocycles. The lowest BCUT2D eigenvalue weighted by Gasteiger charge is -2.31. The average Bonchev–Trinajstić information content (AvgIpc) is 2.83. The minimum absolute atomic E-state index is 0.0888. The summed E-state index contributed by atoms with van der Waals surface area (Å²) in [6.07, 6.45) is 2.99. The van der Waals surface area contributed by atoms with Crippen LogP contribution >= 0.6 is 11.6 Å². The maximum atomic E-state index is 12.2. The molecule has 98 valence electrons. The molecule has 1 unspecified atom stereocenters. The molecule has 3 N–H and O–H groups in total. The van der Waals surface area contributed by atoms with Gasteiger partial charge in [0.2, 0.25) is 5.22 Å². The Kier molecular flexibility index (Phi) is 3.76. The maximum absolute atomic E-state index is 12.2. The van der Waals surface area contributed by atoms with E-state index in [4.69, 9.17) is 27.0 Å². The van der Waals surface area contributed by atoms with Crippen molar-refractivity contribution in [1.82, 2.24) is 4.90 Å². The molecule has 6 nitrogen and oxygen atoms in total. The number of amides is 1. The van der Waals surface area contributed by atoms with E-state index in [2.05, 4.69) is 5.16 Å². The molecule has 2 rings (SSSR count). The number of amidine groups is 1. The van der Waals surface area contributed by atoms with Crippen molar-refractivity contribution >= 4 is 23.3 Å². The largest absolute Gasteiger partial charge is 0.452 e. The molecule has 1 amide bonds. The summed E-state index contributed by atoms with van der Waals surface area (Å²) in [5, 5.41) is 11.8. The van der Waals surface area contributed by atoms with E-state index < -0.39 is 0 Å². The summed E-state index contributed by atoms with van der Waals surface area (Å²) in [5.41, 5.74) is 5.92. The van der Waals surface area contributed by atoms with E-state index in [9.17, 15) is 4.79 Å². The molecule has 1 atom stereocenters. The third-order valence-corrected chi connectivity index (χ3v) is 3.38. The fourth-order valence-electron chi connectivity index (χ4n) is 2.10. The van der Waals surface area contributed by atoms with Gasteiger partial charge in [-0.15, -0.1) is 0 Å². The van der Waals surface area contributed by atoms with Crippen LogP contribution < -0.4 is 5.73 Å². The van der Waals surface area contributed by atoms with Gasteiger partial charge in [-0.05, 0) is 30.5 Å². The minimum Gasteiger partial charge on any atom is -0.452 e. The van der Waals surface area contributed by atoms with Gasteiger partial charge < -0.3 is 20.3 Å². The zero-order valence-corrected chi connectivity index (χ0v) is 10.4. The van der Waals surface area contributed by atoms with Gasteiger partial charge in [0.15, 0.2) is 0 Å². The van der Waals surface area contributed by atoms with E-state index >= 15 is 0 Å². The van der Waals surface area contributed by atoms with Crippen LogP contribution in [0.25, 0.3) is 0 Å². The van der Waals surface area contributed by atoms with Crippen molar-refractivity contribution in [3.63, 3.8) is 0 Å². The summed E-state index contributed by atoms with van der Waals surface area (Å²) in [6.45, 7) is 1.06. The van der Waals surface area contributed by atoms with Crippen molar-refractivity contribution in [2.75, 3.05) is 13.1 Å². The van der Waals surface area contributed by atoms with Crippen molar-refractivity contribution < 1.29 is 14.4 Å². The number of furan rings is 1. The van der Waals surface area contributed by atoms with E-state index in [1.165, 1.54) is 12.3 Å². The van der Waals surface area contributed by atoms with Gasteiger partial charge >= 0.3 is 0 Å². The summed E-state index contributed by atoms with van der Waals surface area (Å²) in [6, 6.07) is 1.54. The van der Waals surface area contributed by atoms with E-state index in [1.54, 1.807) is 4.90 Å². The van der Waals surface area contributed by atoms with Crippen LogP contribution in [-0.4, -0.2) is 34.9 Å². The lowest BCUT2D eigenvalue weighted by atomic mass is 9.96. The van der Waals surface area contributed by atoms with Crippen LogP contribution in [0, 0.1) is 5.92 Å². The fourth-order valence-corrected chi connectivity index (χ4v) is 2.30. The van der Waals surface area contributed by atoms with Gasteiger partial charge in [-0.2, -0.15) is 0 Å². The summed E-state index contributed by atoms with van der Waals surface area (Å²) in [4.78, 5) is 13.8. The highest BCUT2D eigenvalue weighted by Gasteiger charge is 2.28. The van der Waals surface area contributed by atoms with Crippen LogP contribution in [0.2, 0.25) is 5.22 Å². The highest BCUT2D eigenvalue weighted by atomic mass is 35.5. The van der Waals surface area contributed by atoms with Gasteiger partial charge in [0.05, 0.1) is 11.8 Å². The van der Waals surface area contributed by atoms with Crippen LogP contribution in [0.5, 0.6) is 0 Å². The number of rotatable bonds is 2. The standard InChI is InChI=1S/C11H14ClN3O3/c12-9-8(3-5-18-9)11(16)15-4-1-2-7(6-15)10(13)14-17/h3,5,7,17H,1-2,4,6H2,(H2,13,14). The number of hydrogen-bond acceptors (Lipinski definition) is 4. The molecule has 7 heteroatoms. The molecule has 1 aliphatic rings. The third kappa shape index (κ3) is 2.43. The predicted octanol–water partition coefficient (Wildman–Crippen LogP) is 1.53. The summed E-state index contributed by atoms with van der Waals surface area (Å²) < 4.78 is 4.90. The van der Waals surface area contributed by atoms with E-state index in [1.807, 2.05) is 0 Å². The Hall–Kier alpha value is -1.69. The Balaban J connectivity index is 2.10. The van der Waals surface area contributed by atoms with Gasteiger partial charge in [0.1, 0.15) is 5.84 Å². The summed E-state index contributed by atoms with van der Waals surface area (Å²) in [7, 11) is 0. The number of oxime groups is 1. The number of carbonyl (C=O) groups is 1. The zero-order chi connectivity index (χ0) is 13.1. The van der Waals surface area contributed by atoms with Crippen LogP contribution in [-0.2, 0) is 0 Å². The van der Waals surface area contributed by atoms with Gasteiger partial charge in [0, 0.05) is 19.0 Å². The monoisotopic (exact) mass is 271 g/mol. The smallest absolute Gasteiger partial charge is 0.258 e. The molecule has 2 heterocycles. The van der Waals surface area contributed by atoms with E-state index in [0.29, 0.717) is 18.7 Å². The lowest BCUT2D eigenvalue weighted by molar-refractivity contribution is 0.0701. The van der Waals surface area contributed by atoms with Crippen molar-refractivity contribution in [2.45, 2.75) is 12.8 Å². The average molecular weight is 272 g/mol. The molecule has 0 aromatic carbocycles. The molecule has 0 radical (unpaired) electrons. The molecule has 1 fully saturated rings. The van der Waals surface area contributed by atoms with Crippen LogP contribution in [0.4, 0.5) is 0 Å². The topological polar surface area (TPSA) is 92.1 Å². The first kappa shape index (κ1) is 12.8. The molecule has 1 aromatic rings. The Morgan fingerprint density at radius 2 is 2.44 bits per heavy atom. The second-order valence-electron chi connectivity index (χ2n) is 4.22.